The van der Waals surface area contributed by atoms with Crippen LogP contribution in [0.5, 0.6) is 0 Å². The first kappa shape index (κ1) is 21.5. The topological polar surface area (TPSA) is 37.4 Å². The zero-order valence-electron chi connectivity index (χ0n) is 18.8. The van der Waals surface area contributed by atoms with Crippen LogP contribution in [0.15, 0.2) is 18.2 Å². The van der Waals surface area contributed by atoms with Crippen molar-refractivity contribution in [1.82, 2.24) is 4.90 Å². The number of Topliss-reactive ketones (excluding diaryl/α,β-unsaturated/α-hetero) is 1. The Kier molecular flexibility index (Phi) is 6.05. The molecule has 0 spiro atoms. The molecule has 1 aromatic rings. The Bertz CT molecular complexity index is 817. The number of hydrogen-bond donors (Lipinski definition) is 0. The highest BCUT2D eigenvalue weighted by Crippen LogP contribution is 2.62. The van der Waals surface area contributed by atoms with E-state index in [1.54, 1.807) is 12.1 Å². The molecule has 3 nitrogen and oxygen atoms in total. The molecule has 0 bridgehead atoms. The van der Waals surface area contributed by atoms with Gasteiger partial charge in [-0.25, -0.2) is 4.39 Å². The van der Waals surface area contributed by atoms with Gasteiger partial charge in [0.25, 0.3) is 0 Å². The van der Waals surface area contributed by atoms with E-state index < -0.39 is 0 Å². The van der Waals surface area contributed by atoms with E-state index in [4.69, 9.17) is 0 Å². The molecule has 164 valence electrons. The van der Waals surface area contributed by atoms with E-state index in [0.717, 1.165) is 51.6 Å². The third kappa shape index (κ3) is 3.61. The Morgan fingerprint density at radius 2 is 2.00 bits per heavy atom. The summed E-state index contributed by atoms with van der Waals surface area (Å²) in [6.45, 7) is 7.79. The predicted octanol–water partition coefficient (Wildman–Crippen LogP) is 5.52. The molecule has 2 fully saturated rings. The second kappa shape index (κ2) is 8.43. The van der Waals surface area contributed by atoms with E-state index in [9.17, 15) is 14.0 Å². The molecule has 0 N–H and O–H groups in total. The zero-order chi connectivity index (χ0) is 21.5. The first-order valence-electron chi connectivity index (χ1n) is 12.0. The highest BCUT2D eigenvalue weighted by atomic mass is 19.1. The van der Waals surface area contributed by atoms with Gasteiger partial charge < -0.3 is 4.90 Å². The number of amides is 1. The van der Waals surface area contributed by atoms with E-state index in [-0.39, 0.29) is 17.1 Å². The van der Waals surface area contributed by atoms with Gasteiger partial charge in [-0.2, -0.15) is 0 Å². The summed E-state index contributed by atoms with van der Waals surface area (Å²) in [4.78, 5) is 27.4. The normalized spacial score (nSPS) is 32.3. The number of aryl methyl sites for hydroxylation is 1. The number of ketones is 1. The minimum absolute atomic E-state index is 0.139. The van der Waals surface area contributed by atoms with E-state index in [0.29, 0.717) is 42.3 Å². The van der Waals surface area contributed by atoms with E-state index in [1.165, 1.54) is 11.1 Å². The van der Waals surface area contributed by atoms with Crippen molar-refractivity contribution in [2.24, 2.45) is 23.2 Å². The van der Waals surface area contributed by atoms with Crippen LogP contribution in [0, 0.1) is 29.0 Å². The van der Waals surface area contributed by atoms with Gasteiger partial charge in [0.1, 0.15) is 11.6 Å². The summed E-state index contributed by atoms with van der Waals surface area (Å²) in [6.07, 6.45) is 7.08. The van der Waals surface area contributed by atoms with Crippen LogP contribution in [0.1, 0.15) is 82.8 Å². The van der Waals surface area contributed by atoms with Crippen molar-refractivity contribution >= 4 is 11.7 Å². The van der Waals surface area contributed by atoms with Gasteiger partial charge >= 0.3 is 0 Å². The van der Waals surface area contributed by atoms with Gasteiger partial charge in [0.05, 0.1) is 0 Å². The SMILES string of the molecule is CCN(CC)C(=O)CCC[C@@H]1CC(=O)[C@@]2(C)CCC3c4ccc(F)cc4CCC3C12. The van der Waals surface area contributed by atoms with Crippen LogP contribution in [0.25, 0.3) is 0 Å². The van der Waals surface area contributed by atoms with Crippen LogP contribution >= 0.6 is 0 Å². The third-order valence-corrected chi connectivity index (χ3v) is 8.61. The van der Waals surface area contributed by atoms with E-state index >= 15 is 0 Å². The second-order valence-electron chi connectivity index (χ2n) is 9.98. The highest BCUT2D eigenvalue weighted by molar-refractivity contribution is 5.87. The maximum atomic E-state index is 13.7. The average Bonchev–Trinajstić information content (AvgIpc) is 2.98. The molecule has 4 rings (SSSR count). The van der Waals surface area contributed by atoms with Gasteiger partial charge in [0, 0.05) is 31.3 Å². The monoisotopic (exact) mass is 413 g/mol. The summed E-state index contributed by atoms with van der Waals surface area (Å²) in [5.41, 5.74) is 2.29. The molecule has 3 unspecified atom stereocenters. The number of carbonyl (C=O) groups excluding carboxylic acids is 2. The minimum Gasteiger partial charge on any atom is -0.343 e. The molecule has 3 aliphatic carbocycles. The van der Waals surface area contributed by atoms with Gasteiger partial charge in [-0.1, -0.05) is 13.0 Å². The van der Waals surface area contributed by atoms with Crippen molar-refractivity contribution in [3.8, 4) is 0 Å². The summed E-state index contributed by atoms with van der Waals surface area (Å²) in [5, 5.41) is 0. The summed E-state index contributed by atoms with van der Waals surface area (Å²) in [5.74, 6) is 2.31. The number of carbonyl (C=O) groups is 2. The molecule has 0 radical (unpaired) electrons. The third-order valence-electron chi connectivity index (χ3n) is 8.61. The first-order valence-corrected chi connectivity index (χ1v) is 12.0. The second-order valence-corrected chi connectivity index (χ2v) is 9.98. The largest absolute Gasteiger partial charge is 0.343 e. The molecule has 3 aliphatic rings. The summed E-state index contributed by atoms with van der Waals surface area (Å²) < 4.78 is 13.7. The molecular formula is C26H36FNO2. The Morgan fingerprint density at radius 3 is 2.73 bits per heavy atom. The molecule has 0 aromatic heterocycles. The zero-order valence-corrected chi connectivity index (χ0v) is 18.8. The van der Waals surface area contributed by atoms with Crippen LogP contribution in [0.3, 0.4) is 0 Å². The van der Waals surface area contributed by atoms with Gasteiger partial charge in [-0.3, -0.25) is 9.59 Å². The fourth-order valence-corrected chi connectivity index (χ4v) is 7.13. The number of rotatable bonds is 6. The lowest BCUT2D eigenvalue weighted by Crippen LogP contribution is -2.44. The smallest absolute Gasteiger partial charge is 0.222 e. The molecule has 1 amide bonds. The van der Waals surface area contributed by atoms with Gasteiger partial charge in [0.2, 0.25) is 5.91 Å². The molecule has 2 saturated carbocycles. The summed E-state index contributed by atoms with van der Waals surface area (Å²) in [7, 11) is 0. The lowest BCUT2D eigenvalue weighted by molar-refractivity contribution is -0.131. The van der Waals surface area contributed by atoms with Crippen LogP contribution in [0.4, 0.5) is 4.39 Å². The van der Waals surface area contributed by atoms with Crippen molar-refractivity contribution in [1.29, 1.82) is 0 Å². The number of halogens is 1. The van der Waals surface area contributed by atoms with Crippen molar-refractivity contribution in [3.05, 3.63) is 35.1 Å². The molecule has 0 saturated heterocycles. The fourth-order valence-electron chi connectivity index (χ4n) is 7.13. The maximum Gasteiger partial charge on any atom is 0.222 e. The molecule has 4 heteroatoms. The molecule has 0 aliphatic heterocycles. The quantitative estimate of drug-likeness (QED) is 0.616. The Labute approximate surface area is 180 Å². The Hall–Kier alpha value is -1.71. The Morgan fingerprint density at radius 1 is 1.23 bits per heavy atom. The lowest BCUT2D eigenvalue weighted by Gasteiger charge is -2.50. The molecule has 30 heavy (non-hydrogen) atoms. The van der Waals surface area contributed by atoms with Gasteiger partial charge in [0.15, 0.2) is 0 Å². The lowest BCUT2D eigenvalue weighted by atomic mass is 9.54. The molecular weight excluding hydrogens is 377 g/mol. The number of hydrogen-bond acceptors (Lipinski definition) is 2. The average molecular weight is 414 g/mol. The van der Waals surface area contributed by atoms with Crippen molar-refractivity contribution in [2.75, 3.05) is 13.1 Å². The van der Waals surface area contributed by atoms with Crippen molar-refractivity contribution < 1.29 is 14.0 Å². The maximum absolute atomic E-state index is 13.7. The van der Waals surface area contributed by atoms with Crippen LogP contribution in [-0.2, 0) is 16.0 Å². The minimum atomic E-state index is -0.202. The number of nitrogens with zero attached hydrogens (tertiary/aromatic N) is 1. The van der Waals surface area contributed by atoms with Gasteiger partial charge in [-0.05, 0) is 99.3 Å². The summed E-state index contributed by atoms with van der Waals surface area (Å²) in [6, 6.07) is 5.32. The van der Waals surface area contributed by atoms with Crippen molar-refractivity contribution in [2.45, 2.75) is 78.1 Å². The van der Waals surface area contributed by atoms with E-state index in [2.05, 4.69) is 6.92 Å². The highest BCUT2D eigenvalue weighted by Gasteiger charge is 2.58. The number of fused-ring (bicyclic) bond motifs is 5. The molecule has 1 aromatic carbocycles. The van der Waals surface area contributed by atoms with Crippen LogP contribution in [-0.4, -0.2) is 29.7 Å². The first-order chi connectivity index (χ1) is 14.4. The molecule has 5 atom stereocenters. The molecule has 0 heterocycles. The standard InChI is InChI=1S/C26H36FNO2/c1-4-28(5-2)24(30)8-6-7-18-16-23(29)26(3)14-13-21-20-12-10-19(27)15-17(20)9-11-22(21)25(18)26/h10,12,15,18,21-22,25H,4-9,11,13-14,16H2,1-3H3/t18-,21?,22?,25?,26-/m1/s1. The Balaban J connectivity index is 1.50. The number of benzene rings is 1. The van der Waals surface area contributed by atoms with Gasteiger partial charge in [-0.15, -0.1) is 0 Å². The summed E-state index contributed by atoms with van der Waals surface area (Å²) >= 11 is 0. The van der Waals surface area contributed by atoms with Crippen LogP contribution in [0.2, 0.25) is 0 Å². The van der Waals surface area contributed by atoms with Crippen LogP contribution < -0.4 is 0 Å². The predicted molar refractivity (Wildman–Crippen MR) is 117 cm³/mol. The van der Waals surface area contributed by atoms with E-state index in [1.807, 2.05) is 24.8 Å². The van der Waals surface area contributed by atoms with Crippen molar-refractivity contribution in [3.63, 3.8) is 0 Å². The fraction of sp³-hybridized carbons (Fsp3) is 0.692.